The van der Waals surface area contributed by atoms with Gasteiger partial charge < -0.3 is 14.7 Å². The first kappa shape index (κ1) is 31.6. The van der Waals surface area contributed by atoms with Crippen molar-refractivity contribution in [1.29, 1.82) is 0 Å². The molecule has 0 radical (unpaired) electrons. The molecule has 40 heavy (non-hydrogen) atoms. The number of anilines is 2. The largest absolute Gasteiger partial charge is 0.492 e. The van der Waals surface area contributed by atoms with E-state index < -0.39 is 72.1 Å². The molecule has 0 fully saturated rings. The van der Waals surface area contributed by atoms with E-state index in [4.69, 9.17) is 4.74 Å². The molecular formula is C25H30F4N2O7S2. The SMILES string of the molecule is CN1[C@H](CCCS(C)(=O)=O)CN(c2ccc(F)cc2)c2cc(C(F)(F)F)c(OCC(C)(C)C(=O)O)cc2S1(=O)=O. The van der Waals surface area contributed by atoms with Crippen molar-refractivity contribution in [3.05, 3.63) is 47.8 Å². The topological polar surface area (TPSA) is 121 Å². The van der Waals surface area contributed by atoms with E-state index in [0.717, 1.165) is 28.8 Å². The number of carboxylic acid groups (broad SMARTS) is 1. The first-order valence-electron chi connectivity index (χ1n) is 12.0. The minimum atomic E-state index is -5.01. The van der Waals surface area contributed by atoms with Crippen LogP contribution in [0.4, 0.5) is 28.9 Å². The average molecular weight is 611 g/mol. The zero-order valence-electron chi connectivity index (χ0n) is 22.2. The number of likely N-dealkylation sites (N-methyl/N-ethyl adjacent to an activating group) is 1. The van der Waals surface area contributed by atoms with E-state index in [1.807, 2.05) is 0 Å². The Balaban J connectivity index is 2.23. The zero-order valence-corrected chi connectivity index (χ0v) is 23.8. The number of hydrogen-bond donors (Lipinski definition) is 1. The van der Waals surface area contributed by atoms with E-state index in [0.29, 0.717) is 6.07 Å². The fourth-order valence-electron chi connectivity index (χ4n) is 4.12. The molecule has 0 saturated heterocycles. The molecule has 1 heterocycles. The molecule has 9 nitrogen and oxygen atoms in total. The highest BCUT2D eigenvalue weighted by Crippen LogP contribution is 2.46. The molecule has 1 aliphatic heterocycles. The Morgan fingerprint density at radius 2 is 1.75 bits per heavy atom. The number of carbonyl (C=O) groups is 1. The van der Waals surface area contributed by atoms with Gasteiger partial charge in [0.2, 0.25) is 10.0 Å². The van der Waals surface area contributed by atoms with Gasteiger partial charge in [-0.1, -0.05) is 0 Å². The Morgan fingerprint density at radius 1 is 1.15 bits per heavy atom. The summed E-state index contributed by atoms with van der Waals surface area (Å²) in [5.74, 6) is -3.04. The second-order valence-electron chi connectivity index (χ2n) is 10.3. The molecule has 0 aromatic heterocycles. The van der Waals surface area contributed by atoms with E-state index in [9.17, 15) is 44.3 Å². The molecule has 0 amide bonds. The lowest BCUT2D eigenvalue weighted by Crippen LogP contribution is -2.41. The van der Waals surface area contributed by atoms with Crippen LogP contribution in [-0.4, -0.2) is 70.5 Å². The summed E-state index contributed by atoms with van der Waals surface area (Å²) in [4.78, 5) is 12.2. The van der Waals surface area contributed by atoms with Gasteiger partial charge in [0.1, 0.15) is 32.9 Å². The van der Waals surface area contributed by atoms with Crippen LogP contribution in [0.3, 0.4) is 0 Å². The van der Waals surface area contributed by atoms with Gasteiger partial charge >= 0.3 is 12.1 Å². The summed E-state index contributed by atoms with van der Waals surface area (Å²) in [6, 6.07) is 5.20. The first-order valence-corrected chi connectivity index (χ1v) is 15.5. The maximum atomic E-state index is 14.2. The molecule has 0 saturated carbocycles. The highest BCUT2D eigenvalue weighted by Gasteiger charge is 2.42. The monoisotopic (exact) mass is 610 g/mol. The van der Waals surface area contributed by atoms with Crippen molar-refractivity contribution in [2.75, 3.05) is 37.1 Å². The Labute approximate surface area is 230 Å². The fraction of sp³-hybridized carbons (Fsp3) is 0.480. The number of benzene rings is 2. The molecular weight excluding hydrogens is 580 g/mol. The Bertz CT molecular complexity index is 1480. The van der Waals surface area contributed by atoms with Gasteiger partial charge in [-0.25, -0.2) is 21.2 Å². The van der Waals surface area contributed by atoms with Gasteiger partial charge in [-0.05, 0) is 57.0 Å². The van der Waals surface area contributed by atoms with Crippen molar-refractivity contribution >= 4 is 37.2 Å². The standard InChI is InChI=1S/C25H30F4N2O7S2/c1-24(2,23(32)33)15-38-21-13-22-20(12-19(21)25(27,28)29)31(17-9-7-16(26)8-10-17)14-18(30(3)40(22,36)37)6-5-11-39(4,34)35/h7-10,12-13,18H,5-6,11,14-15H2,1-4H3,(H,32,33)/t18-/m1/s1. The zero-order chi connectivity index (χ0) is 30.3. The number of halogens is 4. The van der Waals surface area contributed by atoms with E-state index >= 15 is 0 Å². The van der Waals surface area contributed by atoms with Crippen molar-refractivity contribution in [1.82, 2.24) is 4.31 Å². The van der Waals surface area contributed by atoms with Crippen molar-refractivity contribution in [3.8, 4) is 5.75 Å². The number of sulfone groups is 1. The average Bonchev–Trinajstić information content (AvgIpc) is 2.90. The van der Waals surface area contributed by atoms with Gasteiger partial charge in [0.25, 0.3) is 0 Å². The summed E-state index contributed by atoms with van der Waals surface area (Å²) < 4.78 is 113. The Hall–Kier alpha value is -2.91. The summed E-state index contributed by atoms with van der Waals surface area (Å²) in [5.41, 5.74) is -3.06. The van der Waals surface area contributed by atoms with Crippen LogP contribution in [-0.2, 0) is 30.8 Å². The third-order valence-electron chi connectivity index (χ3n) is 6.58. The van der Waals surface area contributed by atoms with Crippen molar-refractivity contribution in [2.24, 2.45) is 5.41 Å². The molecule has 15 heteroatoms. The lowest BCUT2D eigenvalue weighted by atomic mass is 9.95. The summed E-state index contributed by atoms with van der Waals surface area (Å²) in [6.07, 6.45) is -3.82. The highest BCUT2D eigenvalue weighted by molar-refractivity contribution is 7.90. The molecule has 3 rings (SSSR count). The van der Waals surface area contributed by atoms with Gasteiger partial charge in [-0.2, -0.15) is 17.5 Å². The molecule has 2 aromatic rings. The molecule has 1 atom stereocenters. The van der Waals surface area contributed by atoms with E-state index in [2.05, 4.69) is 0 Å². The minimum Gasteiger partial charge on any atom is -0.492 e. The highest BCUT2D eigenvalue weighted by atomic mass is 32.2. The van der Waals surface area contributed by atoms with Crippen LogP contribution < -0.4 is 9.64 Å². The van der Waals surface area contributed by atoms with Gasteiger partial charge in [0, 0.05) is 43.4 Å². The second kappa shape index (κ2) is 11.2. The lowest BCUT2D eigenvalue weighted by Gasteiger charge is -2.30. The molecule has 0 bridgehead atoms. The summed E-state index contributed by atoms with van der Waals surface area (Å²) >= 11 is 0. The molecule has 0 aliphatic carbocycles. The van der Waals surface area contributed by atoms with Gasteiger partial charge in [0.05, 0.1) is 16.7 Å². The number of ether oxygens (including phenoxy) is 1. The number of carboxylic acids is 1. The number of aliphatic carboxylic acids is 1. The number of sulfonamides is 1. The van der Waals surface area contributed by atoms with Crippen LogP contribution >= 0.6 is 0 Å². The quantitative estimate of drug-likeness (QED) is 0.418. The number of fused-ring (bicyclic) bond motifs is 1. The van der Waals surface area contributed by atoms with Crippen LogP contribution in [0.5, 0.6) is 5.75 Å². The maximum Gasteiger partial charge on any atom is 0.420 e. The van der Waals surface area contributed by atoms with Gasteiger partial charge in [-0.3, -0.25) is 4.79 Å². The van der Waals surface area contributed by atoms with E-state index in [1.165, 1.54) is 37.9 Å². The van der Waals surface area contributed by atoms with Crippen LogP contribution in [0.1, 0.15) is 32.3 Å². The second-order valence-corrected chi connectivity index (χ2v) is 14.6. The third kappa shape index (κ3) is 7.04. The van der Waals surface area contributed by atoms with E-state index in [1.54, 1.807) is 0 Å². The molecule has 1 N–H and O–H groups in total. The van der Waals surface area contributed by atoms with Crippen molar-refractivity contribution in [3.63, 3.8) is 0 Å². The van der Waals surface area contributed by atoms with Gasteiger partial charge in [0.15, 0.2) is 0 Å². The number of hydrogen-bond acceptors (Lipinski definition) is 7. The summed E-state index contributed by atoms with van der Waals surface area (Å²) in [5, 5.41) is 9.35. The fourth-order valence-corrected chi connectivity index (χ4v) is 6.38. The predicted molar refractivity (Wildman–Crippen MR) is 139 cm³/mol. The smallest absolute Gasteiger partial charge is 0.420 e. The number of nitrogens with zero attached hydrogens (tertiary/aromatic N) is 2. The van der Waals surface area contributed by atoms with Crippen molar-refractivity contribution in [2.45, 2.75) is 43.8 Å². The molecule has 0 spiro atoms. The normalized spacial score (nSPS) is 18.2. The Morgan fingerprint density at radius 3 is 2.27 bits per heavy atom. The molecule has 2 aromatic carbocycles. The maximum absolute atomic E-state index is 14.2. The van der Waals surface area contributed by atoms with Crippen LogP contribution in [0, 0.1) is 11.2 Å². The van der Waals surface area contributed by atoms with Crippen LogP contribution in [0.15, 0.2) is 41.3 Å². The van der Waals surface area contributed by atoms with Crippen LogP contribution in [0.2, 0.25) is 0 Å². The number of alkyl halides is 3. The third-order valence-corrected chi connectivity index (χ3v) is 9.55. The Kier molecular flexibility index (Phi) is 8.82. The molecule has 0 unspecified atom stereocenters. The lowest BCUT2D eigenvalue weighted by molar-refractivity contribution is -0.148. The molecule has 1 aliphatic rings. The van der Waals surface area contributed by atoms with Crippen LogP contribution in [0.25, 0.3) is 0 Å². The minimum absolute atomic E-state index is 0.0662. The first-order chi connectivity index (χ1) is 18.2. The molecule has 222 valence electrons. The summed E-state index contributed by atoms with van der Waals surface area (Å²) in [6.45, 7) is 1.64. The van der Waals surface area contributed by atoms with Crippen molar-refractivity contribution < 1.29 is 49.0 Å². The number of rotatable bonds is 9. The predicted octanol–water partition coefficient (Wildman–Crippen LogP) is 4.30. The summed E-state index contributed by atoms with van der Waals surface area (Å²) in [7, 11) is -6.59. The van der Waals surface area contributed by atoms with Gasteiger partial charge in [-0.15, -0.1) is 0 Å². The van der Waals surface area contributed by atoms with E-state index in [-0.39, 0.29) is 36.5 Å².